The van der Waals surface area contributed by atoms with Gasteiger partial charge >= 0.3 is 6.09 Å². The molecule has 0 fully saturated rings. The summed E-state index contributed by atoms with van der Waals surface area (Å²) in [6, 6.07) is 6.57. The Morgan fingerprint density at radius 1 is 1.04 bits per heavy atom. The lowest BCUT2D eigenvalue weighted by atomic mass is 10.0. The zero-order valence-corrected chi connectivity index (χ0v) is 18.2. The Labute approximate surface area is 169 Å². The molecule has 0 saturated carbocycles. The number of anilines is 1. The predicted octanol–water partition coefficient (Wildman–Crippen LogP) is 5.78. The second-order valence-electron chi connectivity index (χ2n) is 7.94. The van der Waals surface area contributed by atoms with Crippen LogP contribution in [0.1, 0.15) is 73.6 Å². The van der Waals surface area contributed by atoms with Crippen LogP contribution in [0.4, 0.5) is 10.5 Å². The fourth-order valence-corrected chi connectivity index (χ4v) is 2.77. The second-order valence-corrected chi connectivity index (χ2v) is 7.94. The molecular formula is C22H36N2O4. The van der Waals surface area contributed by atoms with E-state index in [4.69, 9.17) is 9.57 Å². The molecule has 0 heterocycles. The number of ether oxygens (including phenoxy) is 1. The van der Waals surface area contributed by atoms with E-state index in [2.05, 4.69) is 19.2 Å². The van der Waals surface area contributed by atoms with Crippen LogP contribution >= 0.6 is 0 Å². The molecule has 0 aliphatic carbocycles. The van der Waals surface area contributed by atoms with Crippen LogP contribution in [0.25, 0.3) is 0 Å². The molecule has 1 aromatic rings. The third-order valence-electron chi connectivity index (χ3n) is 4.19. The summed E-state index contributed by atoms with van der Waals surface area (Å²) in [5, 5.41) is 3.95. The Kier molecular flexibility index (Phi) is 10.6. The SMILES string of the molecule is CC(=O)Nc1cccc(OC(=O)N(OC(C)CCCCCC(C)C)C(C)C)c1. The van der Waals surface area contributed by atoms with Gasteiger partial charge in [-0.1, -0.05) is 45.6 Å². The van der Waals surface area contributed by atoms with Crippen LogP contribution in [-0.4, -0.2) is 29.2 Å². The van der Waals surface area contributed by atoms with Crippen molar-refractivity contribution >= 4 is 17.7 Å². The third-order valence-corrected chi connectivity index (χ3v) is 4.19. The first-order valence-electron chi connectivity index (χ1n) is 10.2. The van der Waals surface area contributed by atoms with Gasteiger partial charge in [-0.25, -0.2) is 4.79 Å². The van der Waals surface area contributed by atoms with Crippen LogP contribution in [0.2, 0.25) is 0 Å². The average molecular weight is 393 g/mol. The number of hydroxylamine groups is 2. The highest BCUT2D eigenvalue weighted by Crippen LogP contribution is 2.20. The van der Waals surface area contributed by atoms with E-state index in [1.807, 2.05) is 20.8 Å². The minimum Gasteiger partial charge on any atom is -0.409 e. The van der Waals surface area contributed by atoms with Gasteiger partial charge in [-0.15, -0.1) is 0 Å². The zero-order chi connectivity index (χ0) is 21.1. The maximum Gasteiger partial charge on any atom is 0.439 e. The summed E-state index contributed by atoms with van der Waals surface area (Å²) in [5.41, 5.74) is 0.574. The number of hydrogen-bond donors (Lipinski definition) is 1. The molecule has 1 rings (SSSR count). The monoisotopic (exact) mass is 392 g/mol. The van der Waals surface area contributed by atoms with Gasteiger partial charge in [0, 0.05) is 18.7 Å². The van der Waals surface area contributed by atoms with Crippen molar-refractivity contribution in [3.8, 4) is 5.75 Å². The molecule has 158 valence electrons. The van der Waals surface area contributed by atoms with E-state index in [1.165, 1.54) is 31.2 Å². The van der Waals surface area contributed by atoms with E-state index in [9.17, 15) is 9.59 Å². The largest absolute Gasteiger partial charge is 0.439 e. The number of nitrogens with one attached hydrogen (secondary N) is 1. The van der Waals surface area contributed by atoms with Crippen LogP contribution < -0.4 is 10.1 Å². The van der Waals surface area contributed by atoms with E-state index in [-0.39, 0.29) is 18.1 Å². The molecule has 0 radical (unpaired) electrons. The second kappa shape index (κ2) is 12.4. The highest BCUT2D eigenvalue weighted by molar-refractivity contribution is 5.88. The molecule has 1 aromatic carbocycles. The lowest BCUT2D eigenvalue weighted by Crippen LogP contribution is -2.41. The van der Waals surface area contributed by atoms with Crippen molar-refractivity contribution in [2.45, 2.75) is 85.8 Å². The molecule has 0 spiro atoms. The van der Waals surface area contributed by atoms with E-state index in [1.54, 1.807) is 24.3 Å². The van der Waals surface area contributed by atoms with Gasteiger partial charge in [0.15, 0.2) is 0 Å². The van der Waals surface area contributed by atoms with E-state index in [0.717, 1.165) is 18.8 Å². The fourth-order valence-electron chi connectivity index (χ4n) is 2.77. The molecule has 0 aromatic heterocycles. The minimum absolute atomic E-state index is 0.0697. The maximum absolute atomic E-state index is 12.6. The Balaban J connectivity index is 2.55. The quantitative estimate of drug-likeness (QED) is 0.383. The highest BCUT2D eigenvalue weighted by Gasteiger charge is 2.23. The molecular weight excluding hydrogens is 356 g/mol. The summed E-state index contributed by atoms with van der Waals surface area (Å²) in [7, 11) is 0. The molecule has 6 heteroatoms. The number of rotatable bonds is 11. The van der Waals surface area contributed by atoms with Gasteiger partial charge in [-0.3, -0.25) is 9.63 Å². The summed E-state index contributed by atoms with van der Waals surface area (Å²) < 4.78 is 5.44. The molecule has 0 aliphatic rings. The summed E-state index contributed by atoms with van der Waals surface area (Å²) >= 11 is 0. The fraction of sp³-hybridized carbons (Fsp3) is 0.636. The number of nitrogens with zero attached hydrogens (tertiary/aromatic N) is 1. The maximum atomic E-state index is 12.6. The zero-order valence-electron chi connectivity index (χ0n) is 18.2. The number of amides is 2. The smallest absolute Gasteiger partial charge is 0.409 e. The van der Waals surface area contributed by atoms with Crippen molar-refractivity contribution in [1.29, 1.82) is 0 Å². The van der Waals surface area contributed by atoms with Crippen molar-refractivity contribution in [3.63, 3.8) is 0 Å². The minimum atomic E-state index is -0.568. The number of unbranched alkanes of at least 4 members (excludes halogenated alkanes) is 2. The standard InChI is InChI=1S/C22H36N2O4/c1-16(2)11-8-7-9-12-18(5)28-24(17(3)4)22(26)27-21-14-10-13-20(15-21)23-19(6)25/h10,13-18H,7-9,11-12H2,1-6H3,(H,23,25). The average Bonchev–Trinajstić information content (AvgIpc) is 2.58. The number of carbonyl (C=O) groups is 2. The normalized spacial score (nSPS) is 12.1. The molecule has 0 bridgehead atoms. The van der Waals surface area contributed by atoms with Gasteiger partial charge in [-0.2, -0.15) is 5.06 Å². The number of carbonyl (C=O) groups excluding carboxylic acids is 2. The van der Waals surface area contributed by atoms with Gasteiger partial charge in [0.1, 0.15) is 5.75 Å². The Morgan fingerprint density at radius 2 is 1.71 bits per heavy atom. The lowest BCUT2D eigenvalue weighted by molar-refractivity contribution is -0.182. The van der Waals surface area contributed by atoms with E-state index < -0.39 is 6.09 Å². The summed E-state index contributed by atoms with van der Waals surface area (Å²) in [4.78, 5) is 29.6. The van der Waals surface area contributed by atoms with Crippen molar-refractivity contribution < 1.29 is 19.2 Å². The third kappa shape index (κ3) is 9.74. The van der Waals surface area contributed by atoms with Crippen LogP contribution in [0.5, 0.6) is 5.75 Å². The molecule has 1 N–H and O–H groups in total. The molecule has 0 saturated heterocycles. The van der Waals surface area contributed by atoms with Crippen LogP contribution in [0.15, 0.2) is 24.3 Å². The van der Waals surface area contributed by atoms with Crippen LogP contribution in [0, 0.1) is 5.92 Å². The molecule has 28 heavy (non-hydrogen) atoms. The van der Waals surface area contributed by atoms with Gasteiger partial charge in [0.05, 0.1) is 12.1 Å². The molecule has 1 atom stereocenters. The first-order chi connectivity index (χ1) is 13.2. The number of benzene rings is 1. The van der Waals surface area contributed by atoms with Crippen molar-refractivity contribution in [3.05, 3.63) is 24.3 Å². The first kappa shape index (κ1) is 24.0. The van der Waals surface area contributed by atoms with E-state index >= 15 is 0 Å². The summed E-state index contributed by atoms with van der Waals surface area (Å²) in [6.07, 6.45) is 4.98. The van der Waals surface area contributed by atoms with Gasteiger partial charge in [0.25, 0.3) is 0 Å². The first-order valence-corrected chi connectivity index (χ1v) is 10.2. The lowest BCUT2D eigenvalue weighted by Gasteiger charge is -2.28. The topological polar surface area (TPSA) is 67.9 Å². The highest BCUT2D eigenvalue weighted by atomic mass is 16.7. The Hall–Kier alpha value is -2.08. The number of hydrogen-bond acceptors (Lipinski definition) is 4. The van der Waals surface area contributed by atoms with Gasteiger partial charge in [-0.05, 0) is 45.2 Å². The van der Waals surface area contributed by atoms with Crippen molar-refractivity contribution in [1.82, 2.24) is 5.06 Å². The Morgan fingerprint density at radius 3 is 2.32 bits per heavy atom. The van der Waals surface area contributed by atoms with Crippen molar-refractivity contribution in [2.24, 2.45) is 5.92 Å². The molecule has 1 unspecified atom stereocenters. The van der Waals surface area contributed by atoms with Crippen LogP contribution in [-0.2, 0) is 9.63 Å². The predicted molar refractivity (Wildman–Crippen MR) is 112 cm³/mol. The van der Waals surface area contributed by atoms with Crippen LogP contribution in [0.3, 0.4) is 0 Å². The summed E-state index contributed by atoms with van der Waals surface area (Å²) in [6.45, 7) is 11.6. The Bertz CT molecular complexity index is 616. The van der Waals surface area contributed by atoms with Crippen molar-refractivity contribution in [2.75, 3.05) is 5.32 Å². The molecule has 6 nitrogen and oxygen atoms in total. The molecule has 0 aliphatic heterocycles. The van der Waals surface area contributed by atoms with Gasteiger partial charge < -0.3 is 10.1 Å². The summed E-state index contributed by atoms with van der Waals surface area (Å²) in [5.74, 6) is 0.911. The van der Waals surface area contributed by atoms with Gasteiger partial charge in [0.2, 0.25) is 5.91 Å². The van der Waals surface area contributed by atoms with E-state index in [0.29, 0.717) is 11.4 Å². The molecule has 2 amide bonds.